The molecule has 0 aliphatic carbocycles. The number of fused-ring (bicyclic) bond motifs is 1. The lowest BCUT2D eigenvalue weighted by Gasteiger charge is -2.31. The van der Waals surface area contributed by atoms with E-state index in [-0.39, 0.29) is 11.7 Å². The first-order valence-electron chi connectivity index (χ1n) is 10.4. The van der Waals surface area contributed by atoms with Crippen LogP contribution in [0.5, 0.6) is 0 Å². The Morgan fingerprint density at radius 2 is 1.94 bits per heavy atom. The largest absolute Gasteiger partial charge is 0.449 e. The van der Waals surface area contributed by atoms with Gasteiger partial charge >= 0.3 is 6.09 Å². The van der Waals surface area contributed by atoms with Gasteiger partial charge in [-0.1, -0.05) is 12.1 Å². The number of rotatable bonds is 7. The van der Waals surface area contributed by atoms with Gasteiger partial charge in [0.05, 0.1) is 11.3 Å². The number of hydrogen-bond donors (Lipinski definition) is 1. The monoisotopic (exact) mass is 549 g/mol. The van der Waals surface area contributed by atoms with Crippen molar-refractivity contribution in [2.24, 2.45) is 5.92 Å². The lowest BCUT2D eigenvalue weighted by Crippen LogP contribution is -2.37. The fraction of sp³-hybridized carbons (Fsp3) is 0.348. The Bertz CT molecular complexity index is 1050. The topological polar surface area (TPSA) is 71.5 Å². The first-order chi connectivity index (χ1) is 15.1. The number of carbonyl (C=O) groups is 2. The Balaban J connectivity index is 1.13. The summed E-state index contributed by atoms with van der Waals surface area (Å²) in [6.45, 7) is 3.04. The summed E-state index contributed by atoms with van der Waals surface area (Å²) in [4.78, 5) is 27.0. The van der Waals surface area contributed by atoms with Gasteiger partial charge in [-0.2, -0.15) is 4.37 Å². The van der Waals surface area contributed by atoms with Crippen LogP contribution in [0.1, 0.15) is 29.6 Å². The molecule has 0 bridgehead atoms. The number of Topliss-reactive ketones (excluding diaryl/α,β-unsaturated/α-hetero) is 1. The molecule has 0 unspecified atom stereocenters. The molecule has 1 aromatic heterocycles. The Hall–Kier alpha value is -2.04. The maximum Gasteiger partial charge on any atom is 0.411 e. The highest BCUT2D eigenvalue weighted by atomic mass is 127. The molecule has 31 heavy (non-hydrogen) atoms. The van der Waals surface area contributed by atoms with Gasteiger partial charge in [0.2, 0.25) is 0 Å². The molecule has 8 heteroatoms. The van der Waals surface area contributed by atoms with E-state index >= 15 is 0 Å². The quantitative estimate of drug-likeness (QED) is 0.242. The first-order valence-corrected chi connectivity index (χ1v) is 12.2. The third kappa shape index (κ3) is 6.02. The standard InChI is InChI=1S/C23H24IN3O3S/c24-19-4-2-16(3-5-19)22(28)17-8-11-27(12-9-17)10-1-13-30-23(29)26-20-6-7-21-18(14-20)15-25-31-21/h2-7,14-15,17H,1,8-13H2,(H,26,29). The fourth-order valence-electron chi connectivity index (χ4n) is 3.83. The van der Waals surface area contributed by atoms with E-state index in [1.807, 2.05) is 42.5 Å². The second kappa shape index (κ2) is 10.5. The van der Waals surface area contributed by atoms with Gasteiger partial charge in [0, 0.05) is 38.9 Å². The highest BCUT2D eigenvalue weighted by molar-refractivity contribution is 14.1. The number of benzene rings is 2. The molecule has 162 valence electrons. The summed E-state index contributed by atoms with van der Waals surface area (Å²) < 4.78 is 11.7. The maximum absolute atomic E-state index is 12.7. The zero-order valence-corrected chi connectivity index (χ0v) is 20.0. The Labute approximate surface area is 199 Å². The van der Waals surface area contributed by atoms with Crippen molar-refractivity contribution in [3.8, 4) is 0 Å². The summed E-state index contributed by atoms with van der Waals surface area (Å²) in [6, 6.07) is 13.5. The van der Waals surface area contributed by atoms with Crippen molar-refractivity contribution in [1.82, 2.24) is 9.27 Å². The highest BCUT2D eigenvalue weighted by Gasteiger charge is 2.25. The number of piperidine rings is 1. The Kier molecular flexibility index (Phi) is 7.52. The second-order valence-electron chi connectivity index (χ2n) is 7.68. The molecule has 6 nitrogen and oxygen atoms in total. The van der Waals surface area contributed by atoms with Gasteiger partial charge in [0.15, 0.2) is 5.78 Å². The number of carbonyl (C=O) groups excluding carboxylic acids is 2. The van der Waals surface area contributed by atoms with Crippen LogP contribution in [0, 0.1) is 9.49 Å². The lowest BCUT2D eigenvalue weighted by atomic mass is 9.89. The number of ether oxygens (including phenoxy) is 1. The number of hydrogen-bond acceptors (Lipinski definition) is 6. The molecule has 0 saturated carbocycles. The predicted molar refractivity (Wildman–Crippen MR) is 132 cm³/mol. The number of nitrogens with one attached hydrogen (secondary N) is 1. The van der Waals surface area contributed by atoms with Crippen LogP contribution in [0.15, 0.2) is 48.7 Å². The van der Waals surface area contributed by atoms with Crippen LogP contribution < -0.4 is 5.32 Å². The van der Waals surface area contributed by atoms with E-state index in [1.54, 1.807) is 6.20 Å². The normalized spacial score (nSPS) is 15.1. The number of anilines is 1. The highest BCUT2D eigenvalue weighted by Crippen LogP contribution is 2.23. The average Bonchev–Trinajstić information content (AvgIpc) is 3.25. The molecular weight excluding hydrogens is 525 g/mol. The van der Waals surface area contributed by atoms with E-state index in [2.05, 4.69) is 37.2 Å². The molecule has 1 amide bonds. The van der Waals surface area contributed by atoms with Gasteiger partial charge < -0.3 is 9.64 Å². The van der Waals surface area contributed by atoms with E-state index in [0.717, 1.165) is 58.1 Å². The van der Waals surface area contributed by atoms with Crippen molar-refractivity contribution in [1.29, 1.82) is 0 Å². The van der Waals surface area contributed by atoms with E-state index in [0.29, 0.717) is 12.3 Å². The van der Waals surface area contributed by atoms with E-state index in [9.17, 15) is 9.59 Å². The number of halogens is 1. The molecule has 1 N–H and O–H groups in total. The minimum absolute atomic E-state index is 0.106. The van der Waals surface area contributed by atoms with E-state index < -0.39 is 6.09 Å². The van der Waals surface area contributed by atoms with Gasteiger partial charge in [0.25, 0.3) is 0 Å². The van der Waals surface area contributed by atoms with Crippen LogP contribution in [-0.4, -0.2) is 47.4 Å². The third-order valence-corrected chi connectivity index (χ3v) is 7.04. The van der Waals surface area contributed by atoms with Gasteiger partial charge in [-0.3, -0.25) is 10.1 Å². The average molecular weight is 549 g/mol. The van der Waals surface area contributed by atoms with Crippen LogP contribution in [0.25, 0.3) is 10.1 Å². The van der Waals surface area contributed by atoms with Crippen LogP contribution in [0.2, 0.25) is 0 Å². The maximum atomic E-state index is 12.7. The fourth-order valence-corrected chi connectivity index (χ4v) is 4.81. The van der Waals surface area contributed by atoms with Crippen molar-refractivity contribution >= 4 is 61.8 Å². The SMILES string of the molecule is O=C(Nc1ccc2sncc2c1)OCCCN1CCC(C(=O)c2ccc(I)cc2)CC1. The van der Waals surface area contributed by atoms with Gasteiger partial charge in [-0.05, 0) is 96.8 Å². The Morgan fingerprint density at radius 1 is 1.16 bits per heavy atom. The van der Waals surface area contributed by atoms with Crippen LogP contribution in [0.4, 0.5) is 10.5 Å². The molecule has 2 heterocycles. The molecule has 1 saturated heterocycles. The minimum atomic E-state index is -0.440. The van der Waals surface area contributed by atoms with Crippen molar-refractivity contribution in [3.05, 3.63) is 57.8 Å². The Morgan fingerprint density at radius 3 is 2.71 bits per heavy atom. The summed E-state index contributed by atoms with van der Waals surface area (Å²) in [5.41, 5.74) is 1.52. The van der Waals surface area contributed by atoms with E-state index in [1.165, 1.54) is 11.5 Å². The summed E-state index contributed by atoms with van der Waals surface area (Å²) in [7, 11) is 0. The lowest BCUT2D eigenvalue weighted by molar-refractivity contribution is 0.0830. The van der Waals surface area contributed by atoms with Crippen molar-refractivity contribution in [2.45, 2.75) is 19.3 Å². The molecule has 2 aromatic carbocycles. The summed E-state index contributed by atoms with van der Waals surface area (Å²) >= 11 is 3.68. The summed E-state index contributed by atoms with van der Waals surface area (Å²) in [6.07, 6.45) is 3.88. The zero-order valence-electron chi connectivity index (χ0n) is 17.1. The number of nitrogens with zero attached hydrogens (tertiary/aromatic N) is 2. The summed E-state index contributed by atoms with van der Waals surface area (Å²) in [5.74, 6) is 0.363. The molecule has 3 aromatic rings. The molecule has 4 rings (SSSR count). The molecule has 1 aliphatic heterocycles. The second-order valence-corrected chi connectivity index (χ2v) is 9.76. The van der Waals surface area contributed by atoms with Gasteiger partial charge in [0.1, 0.15) is 0 Å². The van der Waals surface area contributed by atoms with Crippen LogP contribution in [0.3, 0.4) is 0 Å². The minimum Gasteiger partial charge on any atom is -0.449 e. The predicted octanol–water partition coefficient (Wildman–Crippen LogP) is 5.43. The molecule has 0 spiro atoms. The number of amides is 1. The smallest absolute Gasteiger partial charge is 0.411 e. The zero-order chi connectivity index (χ0) is 21.6. The molecule has 1 aliphatic rings. The van der Waals surface area contributed by atoms with Gasteiger partial charge in [-0.25, -0.2) is 4.79 Å². The number of likely N-dealkylation sites (tertiary alicyclic amines) is 1. The molecular formula is C23H24IN3O3S. The van der Waals surface area contributed by atoms with Crippen molar-refractivity contribution < 1.29 is 14.3 Å². The van der Waals surface area contributed by atoms with Crippen LogP contribution >= 0.6 is 34.1 Å². The van der Waals surface area contributed by atoms with E-state index in [4.69, 9.17) is 4.74 Å². The van der Waals surface area contributed by atoms with Crippen molar-refractivity contribution in [3.63, 3.8) is 0 Å². The molecule has 1 fully saturated rings. The third-order valence-electron chi connectivity index (χ3n) is 5.54. The first kappa shape index (κ1) is 22.2. The summed E-state index contributed by atoms with van der Waals surface area (Å²) in [5, 5.41) is 3.77. The molecule has 0 atom stereocenters. The number of ketones is 1. The number of aromatic nitrogens is 1. The van der Waals surface area contributed by atoms with Crippen molar-refractivity contribution in [2.75, 3.05) is 31.6 Å². The van der Waals surface area contributed by atoms with Gasteiger partial charge in [-0.15, -0.1) is 0 Å². The molecule has 0 radical (unpaired) electrons. The van der Waals surface area contributed by atoms with Crippen LogP contribution in [-0.2, 0) is 4.74 Å².